The Labute approximate surface area is 86.2 Å². The van der Waals surface area contributed by atoms with Crippen molar-refractivity contribution in [3.63, 3.8) is 0 Å². The molecule has 2 rings (SSSR count). The van der Waals surface area contributed by atoms with Crippen LogP contribution in [0.5, 0.6) is 0 Å². The van der Waals surface area contributed by atoms with Gasteiger partial charge in [-0.2, -0.15) is 0 Å². The second-order valence-electron chi connectivity index (χ2n) is 4.85. The molecule has 2 aliphatic rings. The molecule has 4 heteroatoms. The van der Waals surface area contributed by atoms with Crippen molar-refractivity contribution >= 4 is 9.84 Å². The highest BCUT2D eigenvalue weighted by molar-refractivity contribution is 7.91. The summed E-state index contributed by atoms with van der Waals surface area (Å²) in [7, 11) is -2.73. The minimum absolute atomic E-state index is 0.0431. The molecule has 3 nitrogen and oxygen atoms in total. The fourth-order valence-electron chi connectivity index (χ4n) is 2.17. The summed E-state index contributed by atoms with van der Waals surface area (Å²) in [5.41, 5.74) is 0.0431. The third-order valence-electron chi connectivity index (χ3n) is 3.56. The maximum atomic E-state index is 11.4. The molecule has 2 fully saturated rings. The molecule has 0 bridgehead atoms. The molecule has 0 aromatic rings. The van der Waals surface area contributed by atoms with Crippen LogP contribution < -0.4 is 5.32 Å². The first-order valence-electron chi connectivity index (χ1n) is 5.49. The van der Waals surface area contributed by atoms with Gasteiger partial charge in [0.05, 0.1) is 11.5 Å². The van der Waals surface area contributed by atoms with Gasteiger partial charge in [-0.25, -0.2) is 8.42 Å². The van der Waals surface area contributed by atoms with Crippen molar-refractivity contribution in [3.8, 4) is 0 Å². The van der Waals surface area contributed by atoms with Gasteiger partial charge in [0, 0.05) is 12.6 Å². The number of hydrogen-bond donors (Lipinski definition) is 1. The summed E-state index contributed by atoms with van der Waals surface area (Å²) >= 11 is 0. The average molecular weight is 217 g/mol. The lowest BCUT2D eigenvalue weighted by Crippen LogP contribution is -2.36. The van der Waals surface area contributed by atoms with Gasteiger partial charge in [-0.05, 0) is 31.1 Å². The van der Waals surface area contributed by atoms with Crippen LogP contribution in [0.2, 0.25) is 0 Å². The predicted molar refractivity (Wildman–Crippen MR) is 57.0 cm³/mol. The van der Waals surface area contributed by atoms with E-state index in [1.807, 2.05) is 0 Å². The van der Waals surface area contributed by atoms with E-state index in [4.69, 9.17) is 0 Å². The minimum Gasteiger partial charge on any atom is -0.313 e. The van der Waals surface area contributed by atoms with Crippen LogP contribution in [0.1, 0.15) is 32.6 Å². The number of nitrogens with one attached hydrogen (secondary N) is 1. The van der Waals surface area contributed by atoms with Gasteiger partial charge in [0.1, 0.15) is 0 Å². The van der Waals surface area contributed by atoms with Crippen LogP contribution in [0, 0.1) is 5.41 Å². The van der Waals surface area contributed by atoms with Crippen LogP contribution in [0.3, 0.4) is 0 Å². The Morgan fingerprint density at radius 3 is 2.57 bits per heavy atom. The van der Waals surface area contributed by atoms with Crippen LogP contribution in [-0.2, 0) is 9.84 Å². The Morgan fingerprint density at radius 1 is 1.43 bits per heavy atom. The van der Waals surface area contributed by atoms with E-state index >= 15 is 0 Å². The molecule has 0 aromatic heterocycles. The lowest BCUT2D eigenvalue weighted by Gasteiger charge is -2.26. The normalized spacial score (nSPS) is 36.1. The van der Waals surface area contributed by atoms with Crippen molar-refractivity contribution in [2.45, 2.75) is 38.6 Å². The lowest BCUT2D eigenvalue weighted by atomic mass is 9.85. The zero-order valence-electron chi connectivity index (χ0n) is 8.75. The van der Waals surface area contributed by atoms with Crippen LogP contribution in [0.25, 0.3) is 0 Å². The van der Waals surface area contributed by atoms with Crippen molar-refractivity contribution in [3.05, 3.63) is 0 Å². The largest absolute Gasteiger partial charge is 0.313 e. The van der Waals surface area contributed by atoms with Crippen molar-refractivity contribution < 1.29 is 8.42 Å². The molecule has 1 aliphatic carbocycles. The molecule has 14 heavy (non-hydrogen) atoms. The number of sulfone groups is 1. The molecule has 1 N–H and O–H groups in total. The number of hydrogen-bond acceptors (Lipinski definition) is 3. The third-order valence-corrected chi connectivity index (χ3v) is 5.44. The summed E-state index contributed by atoms with van der Waals surface area (Å²) in [5.74, 6) is 0.795. The highest BCUT2D eigenvalue weighted by atomic mass is 32.2. The molecule has 0 amide bonds. The Balaban J connectivity index is 1.95. The van der Waals surface area contributed by atoms with E-state index in [0.717, 1.165) is 19.4 Å². The Morgan fingerprint density at radius 2 is 2.14 bits per heavy atom. The molecular formula is C10H19NO2S. The Hall–Kier alpha value is -0.0900. The van der Waals surface area contributed by atoms with E-state index in [-0.39, 0.29) is 5.41 Å². The third kappa shape index (κ3) is 2.28. The Kier molecular flexibility index (Phi) is 2.60. The second kappa shape index (κ2) is 3.49. The summed E-state index contributed by atoms with van der Waals surface area (Å²) in [5, 5.41) is 3.46. The molecule has 0 aromatic carbocycles. The molecule has 1 aliphatic heterocycles. The van der Waals surface area contributed by atoms with Crippen molar-refractivity contribution in [1.82, 2.24) is 5.32 Å². The van der Waals surface area contributed by atoms with Gasteiger partial charge in [0.25, 0.3) is 0 Å². The fourth-order valence-corrected chi connectivity index (χ4v) is 4.45. The zero-order valence-corrected chi connectivity index (χ0v) is 9.57. The molecule has 1 saturated carbocycles. The molecule has 0 radical (unpaired) electrons. The minimum atomic E-state index is -2.73. The highest BCUT2D eigenvalue weighted by Gasteiger charge is 2.41. The van der Waals surface area contributed by atoms with Gasteiger partial charge in [-0.3, -0.25) is 0 Å². The van der Waals surface area contributed by atoms with Crippen LogP contribution >= 0.6 is 0 Å². The van der Waals surface area contributed by atoms with E-state index in [2.05, 4.69) is 12.2 Å². The molecule has 0 spiro atoms. The smallest absolute Gasteiger partial charge is 0.150 e. The molecule has 1 unspecified atom stereocenters. The van der Waals surface area contributed by atoms with Gasteiger partial charge in [0.15, 0.2) is 9.84 Å². The summed E-state index contributed by atoms with van der Waals surface area (Å²) in [6, 6.07) is 0.682. The highest BCUT2D eigenvalue weighted by Crippen LogP contribution is 2.35. The van der Waals surface area contributed by atoms with Gasteiger partial charge in [-0.15, -0.1) is 0 Å². The van der Waals surface area contributed by atoms with Crippen LogP contribution in [-0.4, -0.2) is 32.5 Å². The van der Waals surface area contributed by atoms with E-state index in [1.165, 1.54) is 12.8 Å². The first kappa shape index (κ1) is 10.4. The summed E-state index contributed by atoms with van der Waals surface area (Å²) in [6.45, 7) is 3.00. The first-order chi connectivity index (χ1) is 6.55. The van der Waals surface area contributed by atoms with Crippen molar-refractivity contribution in [2.75, 3.05) is 18.1 Å². The summed E-state index contributed by atoms with van der Waals surface area (Å²) in [4.78, 5) is 0. The maximum Gasteiger partial charge on any atom is 0.150 e. The van der Waals surface area contributed by atoms with Gasteiger partial charge >= 0.3 is 0 Å². The molecular weight excluding hydrogens is 198 g/mol. The lowest BCUT2D eigenvalue weighted by molar-refractivity contribution is 0.301. The summed E-state index contributed by atoms with van der Waals surface area (Å²) in [6.07, 6.45) is 4.37. The van der Waals surface area contributed by atoms with E-state index in [1.54, 1.807) is 0 Å². The van der Waals surface area contributed by atoms with Gasteiger partial charge in [0.2, 0.25) is 0 Å². The van der Waals surface area contributed by atoms with Gasteiger partial charge < -0.3 is 5.32 Å². The van der Waals surface area contributed by atoms with Crippen LogP contribution in [0.4, 0.5) is 0 Å². The molecule has 1 atom stereocenters. The Bertz CT molecular complexity index is 308. The first-order valence-corrected chi connectivity index (χ1v) is 7.31. The van der Waals surface area contributed by atoms with Gasteiger partial charge in [-0.1, -0.05) is 6.92 Å². The molecule has 1 saturated heterocycles. The standard InChI is InChI=1S/C10H19NO2S/c1-2-10(7-11-9-3-4-9)5-6-14(12,13)8-10/h9,11H,2-8H2,1H3. The fraction of sp³-hybridized carbons (Fsp3) is 1.00. The number of rotatable bonds is 4. The van der Waals surface area contributed by atoms with E-state index in [0.29, 0.717) is 17.5 Å². The summed E-state index contributed by atoms with van der Waals surface area (Å²) < 4.78 is 22.9. The van der Waals surface area contributed by atoms with E-state index in [9.17, 15) is 8.42 Å². The van der Waals surface area contributed by atoms with Crippen LogP contribution in [0.15, 0.2) is 0 Å². The molecule has 1 heterocycles. The SMILES string of the molecule is CCC1(CNC2CC2)CCS(=O)(=O)C1. The average Bonchev–Trinajstić information content (AvgIpc) is 2.89. The molecule has 82 valence electrons. The predicted octanol–water partition coefficient (Wildman–Crippen LogP) is 0.953. The zero-order chi connectivity index (χ0) is 10.2. The van der Waals surface area contributed by atoms with Crippen molar-refractivity contribution in [1.29, 1.82) is 0 Å². The maximum absolute atomic E-state index is 11.4. The second-order valence-corrected chi connectivity index (χ2v) is 7.03. The quantitative estimate of drug-likeness (QED) is 0.762. The van der Waals surface area contributed by atoms with Crippen molar-refractivity contribution in [2.24, 2.45) is 5.41 Å². The monoisotopic (exact) mass is 217 g/mol. The van der Waals surface area contributed by atoms with E-state index < -0.39 is 9.84 Å². The topological polar surface area (TPSA) is 46.2 Å².